The lowest BCUT2D eigenvalue weighted by molar-refractivity contribution is -0.153. The standard InChI is InChI=1S/C34H35F5O/c1-2-3-4-5-6-25-8-13-27(32(35)22-25)14-9-26-12-20-31-29(21-26)17-16-28(33(31)36)15-7-24-10-18-30(19-11-24)40-23-34(37,38)39/h8,10-13,16-22H,2-7,9,14-15,23H2,1H3. The number of halogens is 5. The predicted molar refractivity (Wildman–Crippen MR) is 151 cm³/mol. The van der Waals surface area contributed by atoms with Crippen LogP contribution < -0.4 is 4.74 Å². The van der Waals surface area contributed by atoms with Crippen molar-refractivity contribution < 1.29 is 26.7 Å². The van der Waals surface area contributed by atoms with E-state index in [9.17, 15) is 17.6 Å². The number of benzene rings is 4. The second-order valence-corrected chi connectivity index (χ2v) is 10.4. The van der Waals surface area contributed by atoms with E-state index in [-0.39, 0.29) is 17.4 Å². The van der Waals surface area contributed by atoms with Crippen molar-refractivity contribution in [1.82, 2.24) is 0 Å². The Morgan fingerprint density at radius 2 is 1.27 bits per heavy atom. The van der Waals surface area contributed by atoms with E-state index >= 15 is 4.39 Å². The fourth-order valence-electron chi connectivity index (χ4n) is 4.92. The Hall–Kier alpha value is -3.41. The SMILES string of the molecule is CCCCCCc1ccc(CCc2ccc3c(F)c(CCc4ccc(OCC(F)(F)F)cc4)ccc3c2)c(F)c1. The molecule has 0 unspecified atom stereocenters. The number of aryl methyl sites for hydroxylation is 5. The number of hydrogen-bond donors (Lipinski definition) is 0. The molecule has 0 bridgehead atoms. The number of rotatable bonds is 13. The smallest absolute Gasteiger partial charge is 0.422 e. The maximum absolute atomic E-state index is 15.3. The summed E-state index contributed by atoms with van der Waals surface area (Å²) in [5.74, 6) is -0.283. The zero-order valence-electron chi connectivity index (χ0n) is 22.8. The predicted octanol–water partition coefficient (Wildman–Crippen LogP) is 9.75. The zero-order chi connectivity index (χ0) is 28.5. The molecule has 0 aliphatic rings. The van der Waals surface area contributed by atoms with Crippen LogP contribution in [-0.4, -0.2) is 12.8 Å². The van der Waals surface area contributed by atoms with Crippen LogP contribution in [0.25, 0.3) is 10.8 Å². The molecule has 0 N–H and O–H groups in total. The quantitative estimate of drug-likeness (QED) is 0.118. The van der Waals surface area contributed by atoms with Gasteiger partial charge in [0.25, 0.3) is 0 Å². The number of ether oxygens (including phenoxy) is 1. The lowest BCUT2D eigenvalue weighted by Crippen LogP contribution is -2.19. The van der Waals surface area contributed by atoms with Crippen LogP contribution in [0.1, 0.15) is 60.4 Å². The van der Waals surface area contributed by atoms with E-state index in [4.69, 9.17) is 4.74 Å². The lowest BCUT2D eigenvalue weighted by atomic mass is 9.96. The molecule has 0 spiro atoms. The Morgan fingerprint density at radius 1 is 0.625 bits per heavy atom. The van der Waals surface area contributed by atoms with Crippen molar-refractivity contribution in [3.05, 3.63) is 112 Å². The minimum absolute atomic E-state index is 0.145. The minimum Gasteiger partial charge on any atom is -0.484 e. The van der Waals surface area contributed by atoms with Gasteiger partial charge in [-0.2, -0.15) is 13.2 Å². The molecule has 4 rings (SSSR count). The topological polar surface area (TPSA) is 9.23 Å². The highest BCUT2D eigenvalue weighted by Crippen LogP contribution is 2.25. The molecule has 1 nitrogen and oxygen atoms in total. The van der Waals surface area contributed by atoms with Crippen molar-refractivity contribution >= 4 is 10.8 Å². The number of alkyl halides is 3. The van der Waals surface area contributed by atoms with E-state index in [1.54, 1.807) is 30.3 Å². The van der Waals surface area contributed by atoms with Crippen molar-refractivity contribution in [2.24, 2.45) is 0 Å². The van der Waals surface area contributed by atoms with E-state index in [1.165, 1.54) is 31.4 Å². The molecule has 0 saturated carbocycles. The van der Waals surface area contributed by atoms with E-state index in [0.29, 0.717) is 42.2 Å². The van der Waals surface area contributed by atoms with Gasteiger partial charge in [-0.05, 0) is 89.9 Å². The molecular weight excluding hydrogens is 519 g/mol. The molecule has 0 radical (unpaired) electrons. The molecule has 40 heavy (non-hydrogen) atoms. The van der Waals surface area contributed by atoms with Gasteiger partial charge in [0.1, 0.15) is 17.4 Å². The molecule has 6 heteroatoms. The van der Waals surface area contributed by atoms with Crippen LogP contribution in [0, 0.1) is 11.6 Å². The molecular formula is C34H35F5O. The summed E-state index contributed by atoms with van der Waals surface area (Å²) in [5.41, 5.74) is 4.22. The first-order valence-corrected chi connectivity index (χ1v) is 14.0. The molecule has 0 fully saturated rings. The average Bonchev–Trinajstić information content (AvgIpc) is 2.93. The van der Waals surface area contributed by atoms with Crippen LogP contribution in [0.3, 0.4) is 0 Å². The molecule has 0 atom stereocenters. The van der Waals surface area contributed by atoms with Gasteiger partial charge in [0.15, 0.2) is 6.61 Å². The summed E-state index contributed by atoms with van der Waals surface area (Å²) < 4.78 is 71.6. The lowest BCUT2D eigenvalue weighted by Gasteiger charge is -2.11. The van der Waals surface area contributed by atoms with Crippen LogP contribution in [0.5, 0.6) is 5.75 Å². The molecule has 212 valence electrons. The largest absolute Gasteiger partial charge is 0.484 e. The highest BCUT2D eigenvalue weighted by Gasteiger charge is 2.28. The van der Waals surface area contributed by atoms with Gasteiger partial charge in [-0.3, -0.25) is 0 Å². The van der Waals surface area contributed by atoms with Crippen LogP contribution in [0.4, 0.5) is 22.0 Å². The van der Waals surface area contributed by atoms with Gasteiger partial charge in [0, 0.05) is 5.39 Å². The molecule has 0 aliphatic carbocycles. The highest BCUT2D eigenvalue weighted by atomic mass is 19.4. The molecule has 0 amide bonds. The fraction of sp³-hybridized carbons (Fsp3) is 0.353. The maximum Gasteiger partial charge on any atom is 0.422 e. The molecule has 0 aliphatic heterocycles. The molecule has 0 saturated heterocycles. The van der Waals surface area contributed by atoms with Gasteiger partial charge in [-0.1, -0.05) is 80.8 Å². The summed E-state index contributed by atoms with van der Waals surface area (Å²) in [6.07, 6.45) is 3.41. The summed E-state index contributed by atoms with van der Waals surface area (Å²) in [6, 6.07) is 21.3. The van der Waals surface area contributed by atoms with Crippen LogP contribution in [0.15, 0.2) is 72.8 Å². The third-order valence-electron chi connectivity index (χ3n) is 7.23. The normalized spacial score (nSPS) is 11.8. The first-order valence-electron chi connectivity index (χ1n) is 14.0. The monoisotopic (exact) mass is 554 g/mol. The van der Waals surface area contributed by atoms with Gasteiger partial charge in [-0.15, -0.1) is 0 Å². The Kier molecular flexibility index (Phi) is 10.2. The number of hydrogen-bond acceptors (Lipinski definition) is 1. The third-order valence-corrected chi connectivity index (χ3v) is 7.23. The maximum atomic E-state index is 15.3. The summed E-state index contributed by atoms with van der Waals surface area (Å²) >= 11 is 0. The Morgan fingerprint density at radius 3 is 2.00 bits per heavy atom. The van der Waals surface area contributed by atoms with Crippen LogP contribution in [0.2, 0.25) is 0 Å². The van der Waals surface area contributed by atoms with E-state index in [2.05, 4.69) is 6.92 Å². The van der Waals surface area contributed by atoms with Gasteiger partial charge in [0.05, 0.1) is 0 Å². The zero-order valence-corrected chi connectivity index (χ0v) is 22.8. The van der Waals surface area contributed by atoms with E-state index in [1.807, 2.05) is 30.3 Å². The Labute approximate surface area is 233 Å². The van der Waals surface area contributed by atoms with Crippen molar-refractivity contribution in [2.75, 3.05) is 6.61 Å². The Balaban J connectivity index is 1.33. The summed E-state index contributed by atoms with van der Waals surface area (Å²) in [5, 5.41) is 1.34. The van der Waals surface area contributed by atoms with Crippen molar-refractivity contribution in [2.45, 2.75) is 70.9 Å². The Bertz CT molecular complexity index is 1390. The number of unbranched alkanes of at least 4 members (excludes halogenated alkanes) is 3. The first kappa shape index (κ1) is 29.6. The third kappa shape index (κ3) is 8.54. The highest BCUT2D eigenvalue weighted by molar-refractivity contribution is 5.84. The van der Waals surface area contributed by atoms with Gasteiger partial charge >= 0.3 is 6.18 Å². The molecule has 0 aromatic heterocycles. The fourth-order valence-corrected chi connectivity index (χ4v) is 4.92. The van der Waals surface area contributed by atoms with E-state index < -0.39 is 12.8 Å². The number of fused-ring (bicyclic) bond motifs is 1. The summed E-state index contributed by atoms with van der Waals surface area (Å²) in [6.45, 7) is 0.843. The van der Waals surface area contributed by atoms with Crippen molar-refractivity contribution in [3.8, 4) is 5.75 Å². The summed E-state index contributed by atoms with van der Waals surface area (Å²) in [4.78, 5) is 0. The van der Waals surface area contributed by atoms with Crippen LogP contribution >= 0.6 is 0 Å². The van der Waals surface area contributed by atoms with Gasteiger partial charge in [0.2, 0.25) is 0 Å². The van der Waals surface area contributed by atoms with Crippen molar-refractivity contribution in [3.63, 3.8) is 0 Å². The van der Waals surface area contributed by atoms with E-state index in [0.717, 1.165) is 34.9 Å². The summed E-state index contributed by atoms with van der Waals surface area (Å²) in [7, 11) is 0. The second-order valence-electron chi connectivity index (χ2n) is 10.4. The van der Waals surface area contributed by atoms with Gasteiger partial charge < -0.3 is 4.74 Å². The molecule has 0 heterocycles. The average molecular weight is 555 g/mol. The minimum atomic E-state index is -4.38. The van der Waals surface area contributed by atoms with Crippen LogP contribution in [-0.2, 0) is 32.1 Å². The first-order chi connectivity index (χ1) is 19.2. The van der Waals surface area contributed by atoms with Gasteiger partial charge in [-0.25, -0.2) is 8.78 Å². The second kappa shape index (κ2) is 13.8. The molecule has 4 aromatic carbocycles. The molecule has 4 aromatic rings. The van der Waals surface area contributed by atoms with Crippen molar-refractivity contribution in [1.29, 1.82) is 0 Å².